The largest absolute Gasteiger partial charge is 0.385 e. The van der Waals surface area contributed by atoms with Crippen LogP contribution in [0.25, 0.3) is 0 Å². The van der Waals surface area contributed by atoms with Crippen LogP contribution >= 0.6 is 0 Å². The Morgan fingerprint density at radius 3 is 2.94 bits per heavy atom. The fourth-order valence-electron chi connectivity index (χ4n) is 3.46. The summed E-state index contributed by atoms with van der Waals surface area (Å²) in [6.45, 7) is 0.760. The van der Waals surface area contributed by atoms with Crippen molar-refractivity contribution in [3.05, 3.63) is 12.2 Å². The van der Waals surface area contributed by atoms with E-state index in [1.165, 1.54) is 25.6 Å². The maximum Gasteiger partial charge on any atom is 0.153 e. The molecule has 5 nitrogen and oxygen atoms in total. The number of ether oxygens (including phenoxy) is 1. The highest BCUT2D eigenvalue weighted by molar-refractivity contribution is 4.96. The molecule has 1 saturated carbocycles. The summed E-state index contributed by atoms with van der Waals surface area (Å²) in [5, 5.41) is 16.9. The van der Waals surface area contributed by atoms with E-state index in [0.29, 0.717) is 5.82 Å². The second kappa shape index (κ2) is 4.97. The molecular formula is C13H21N3O2. The maximum absolute atomic E-state index is 10.4. The Hall–Kier alpha value is -0.940. The van der Waals surface area contributed by atoms with Crippen molar-refractivity contribution < 1.29 is 9.84 Å². The van der Waals surface area contributed by atoms with Crippen LogP contribution in [0.3, 0.4) is 0 Å². The maximum atomic E-state index is 10.4. The van der Waals surface area contributed by atoms with E-state index in [1.54, 1.807) is 0 Å². The lowest BCUT2D eigenvalue weighted by molar-refractivity contribution is -0.134. The molecule has 0 radical (unpaired) electrons. The summed E-state index contributed by atoms with van der Waals surface area (Å²) in [6.07, 6.45) is 8.90. The number of hydrogen-bond donors (Lipinski definition) is 2. The van der Waals surface area contributed by atoms with Crippen molar-refractivity contribution in [2.24, 2.45) is 5.92 Å². The summed E-state index contributed by atoms with van der Waals surface area (Å²) in [5.74, 6) is 0.831. The molecule has 0 bridgehead atoms. The van der Waals surface area contributed by atoms with Gasteiger partial charge < -0.3 is 9.84 Å². The molecule has 2 fully saturated rings. The van der Waals surface area contributed by atoms with Gasteiger partial charge in [-0.3, -0.25) is 5.10 Å². The van der Waals surface area contributed by atoms with Crippen LogP contribution in [0.15, 0.2) is 6.33 Å². The third kappa shape index (κ3) is 2.29. The minimum absolute atomic E-state index is 0.0299. The SMILES string of the molecule is OC(c1ncn[nH]1)C1CCOC2(CCCCC2)C1. The van der Waals surface area contributed by atoms with Crippen molar-refractivity contribution in [3.63, 3.8) is 0 Å². The molecule has 1 aliphatic carbocycles. The van der Waals surface area contributed by atoms with E-state index in [-0.39, 0.29) is 11.5 Å². The number of H-pyrrole nitrogens is 1. The molecule has 2 heterocycles. The lowest BCUT2D eigenvalue weighted by Crippen LogP contribution is -2.43. The number of aromatic amines is 1. The monoisotopic (exact) mass is 251 g/mol. The Labute approximate surface area is 107 Å². The zero-order chi connectivity index (χ0) is 12.4. The van der Waals surface area contributed by atoms with Gasteiger partial charge in [0.2, 0.25) is 0 Å². The molecule has 0 amide bonds. The topological polar surface area (TPSA) is 71.0 Å². The van der Waals surface area contributed by atoms with Crippen LogP contribution in [0.1, 0.15) is 56.9 Å². The quantitative estimate of drug-likeness (QED) is 0.843. The lowest BCUT2D eigenvalue weighted by atomic mass is 9.74. The van der Waals surface area contributed by atoms with E-state index in [2.05, 4.69) is 15.2 Å². The number of aromatic nitrogens is 3. The summed E-state index contributed by atoms with van der Waals surface area (Å²) >= 11 is 0. The predicted octanol–water partition coefficient (Wildman–Crippen LogP) is 1.97. The second-order valence-electron chi connectivity index (χ2n) is 5.66. The van der Waals surface area contributed by atoms with Gasteiger partial charge in [-0.15, -0.1) is 0 Å². The molecule has 2 aliphatic rings. The van der Waals surface area contributed by atoms with Gasteiger partial charge in [0.25, 0.3) is 0 Å². The molecule has 1 aromatic heterocycles. The van der Waals surface area contributed by atoms with Gasteiger partial charge in [-0.05, 0) is 31.6 Å². The Morgan fingerprint density at radius 2 is 2.22 bits per heavy atom. The number of rotatable bonds is 2. The number of nitrogens with zero attached hydrogens (tertiary/aromatic N) is 2. The first-order valence-electron chi connectivity index (χ1n) is 6.96. The number of aliphatic hydroxyl groups excluding tert-OH is 1. The van der Waals surface area contributed by atoms with E-state index in [0.717, 1.165) is 32.3 Å². The predicted molar refractivity (Wildman–Crippen MR) is 65.8 cm³/mol. The van der Waals surface area contributed by atoms with E-state index in [4.69, 9.17) is 4.74 Å². The van der Waals surface area contributed by atoms with Gasteiger partial charge in [-0.1, -0.05) is 19.3 Å². The van der Waals surface area contributed by atoms with Crippen molar-refractivity contribution in [2.45, 2.75) is 56.7 Å². The third-order valence-electron chi connectivity index (χ3n) is 4.46. The molecule has 1 spiro atoms. The summed E-state index contributed by atoms with van der Waals surface area (Å²) < 4.78 is 6.05. The summed E-state index contributed by atoms with van der Waals surface area (Å²) in [5.41, 5.74) is 0.0299. The second-order valence-corrected chi connectivity index (χ2v) is 5.66. The Balaban J connectivity index is 1.70. The fraction of sp³-hybridized carbons (Fsp3) is 0.846. The van der Waals surface area contributed by atoms with Crippen LogP contribution in [-0.2, 0) is 4.74 Å². The molecule has 3 rings (SSSR count). The first-order valence-corrected chi connectivity index (χ1v) is 6.96. The standard InChI is InChI=1S/C13H21N3O2/c17-11(12-14-9-15-16-12)10-4-7-18-13(8-10)5-2-1-3-6-13/h9-11,17H,1-8H2,(H,14,15,16). The molecule has 2 unspecified atom stereocenters. The molecule has 0 aromatic carbocycles. The van der Waals surface area contributed by atoms with Crippen LogP contribution in [0.5, 0.6) is 0 Å². The smallest absolute Gasteiger partial charge is 0.153 e. The van der Waals surface area contributed by atoms with Crippen LogP contribution in [-0.4, -0.2) is 32.5 Å². The van der Waals surface area contributed by atoms with Crippen molar-refractivity contribution in [1.82, 2.24) is 15.2 Å². The van der Waals surface area contributed by atoms with Gasteiger partial charge >= 0.3 is 0 Å². The van der Waals surface area contributed by atoms with E-state index >= 15 is 0 Å². The zero-order valence-corrected chi connectivity index (χ0v) is 10.6. The van der Waals surface area contributed by atoms with Crippen LogP contribution < -0.4 is 0 Å². The Morgan fingerprint density at radius 1 is 1.39 bits per heavy atom. The summed E-state index contributed by atoms with van der Waals surface area (Å²) in [7, 11) is 0. The molecule has 100 valence electrons. The Bertz CT molecular complexity index is 368. The average Bonchev–Trinajstić information content (AvgIpc) is 2.93. The van der Waals surface area contributed by atoms with Crippen LogP contribution in [0, 0.1) is 5.92 Å². The number of aliphatic hydroxyl groups is 1. The highest BCUT2D eigenvalue weighted by Crippen LogP contribution is 2.43. The normalized spacial score (nSPS) is 29.3. The molecular weight excluding hydrogens is 230 g/mol. The molecule has 18 heavy (non-hydrogen) atoms. The van der Waals surface area contributed by atoms with Gasteiger partial charge in [0.15, 0.2) is 5.82 Å². The molecule has 2 atom stereocenters. The molecule has 1 saturated heterocycles. The van der Waals surface area contributed by atoms with Crippen molar-refractivity contribution in [3.8, 4) is 0 Å². The molecule has 1 aliphatic heterocycles. The minimum atomic E-state index is -0.532. The fourth-order valence-corrected chi connectivity index (χ4v) is 3.46. The average molecular weight is 251 g/mol. The van der Waals surface area contributed by atoms with Gasteiger partial charge in [-0.2, -0.15) is 5.10 Å². The Kier molecular flexibility index (Phi) is 3.35. The van der Waals surface area contributed by atoms with Crippen LogP contribution in [0.2, 0.25) is 0 Å². The first kappa shape index (κ1) is 12.1. The molecule has 2 N–H and O–H groups in total. The summed E-state index contributed by atoms with van der Waals surface area (Å²) in [6, 6.07) is 0. The highest BCUT2D eigenvalue weighted by Gasteiger charge is 2.41. The first-order chi connectivity index (χ1) is 8.79. The third-order valence-corrected chi connectivity index (χ3v) is 4.46. The highest BCUT2D eigenvalue weighted by atomic mass is 16.5. The van der Waals surface area contributed by atoms with Crippen molar-refractivity contribution in [1.29, 1.82) is 0 Å². The molecule has 5 heteroatoms. The van der Waals surface area contributed by atoms with E-state index in [9.17, 15) is 5.11 Å². The summed E-state index contributed by atoms with van der Waals surface area (Å²) in [4.78, 5) is 4.07. The number of hydrogen-bond acceptors (Lipinski definition) is 4. The molecule has 1 aromatic rings. The van der Waals surface area contributed by atoms with Gasteiger partial charge in [0.1, 0.15) is 12.4 Å². The van der Waals surface area contributed by atoms with Gasteiger partial charge in [-0.25, -0.2) is 4.98 Å². The lowest BCUT2D eigenvalue weighted by Gasteiger charge is -2.44. The van der Waals surface area contributed by atoms with Crippen molar-refractivity contribution in [2.75, 3.05) is 6.61 Å². The minimum Gasteiger partial charge on any atom is -0.385 e. The van der Waals surface area contributed by atoms with Gasteiger partial charge in [0.05, 0.1) is 5.60 Å². The van der Waals surface area contributed by atoms with Crippen LogP contribution in [0.4, 0.5) is 0 Å². The van der Waals surface area contributed by atoms with E-state index < -0.39 is 6.10 Å². The van der Waals surface area contributed by atoms with Crippen molar-refractivity contribution >= 4 is 0 Å². The number of nitrogens with one attached hydrogen (secondary N) is 1. The zero-order valence-electron chi connectivity index (χ0n) is 10.6. The van der Waals surface area contributed by atoms with Gasteiger partial charge in [0, 0.05) is 6.61 Å². The van der Waals surface area contributed by atoms with E-state index in [1.807, 2.05) is 0 Å².